The monoisotopic (exact) mass is 263 g/mol. The van der Waals surface area contributed by atoms with E-state index in [0.717, 1.165) is 5.56 Å². The van der Waals surface area contributed by atoms with Crippen LogP contribution in [0.1, 0.15) is 29.8 Å². The van der Waals surface area contributed by atoms with E-state index >= 15 is 0 Å². The Labute approximate surface area is 110 Å². The highest BCUT2D eigenvalue weighted by Gasteiger charge is 2.18. The van der Waals surface area contributed by atoms with Crippen LogP contribution in [-0.4, -0.2) is 10.1 Å². The highest BCUT2D eigenvalue weighted by molar-refractivity contribution is 5.26. The fourth-order valence-corrected chi connectivity index (χ4v) is 2.07. The molecule has 0 aliphatic rings. The number of hydrogen-bond acceptors (Lipinski definition) is 2. The van der Waals surface area contributed by atoms with E-state index in [9.17, 15) is 13.9 Å². The fraction of sp³-hybridized carbons (Fsp3) is 0.267. The van der Waals surface area contributed by atoms with Crippen molar-refractivity contribution in [1.82, 2.24) is 4.98 Å². The van der Waals surface area contributed by atoms with Crippen LogP contribution in [0.5, 0.6) is 0 Å². The Bertz CT molecular complexity index is 552. The first kappa shape index (κ1) is 13.6. The van der Waals surface area contributed by atoms with Crippen LogP contribution in [0.3, 0.4) is 0 Å². The van der Waals surface area contributed by atoms with Crippen LogP contribution in [0, 0.1) is 11.6 Å². The SMILES string of the molecule is CCc1cccnc1C(O)Cc1c(F)cccc1F. The van der Waals surface area contributed by atoms with E-state index in [1.54, 1.807) is 12.3 Å². The maximum atomic E-state index is 13.5. The highest BCUT2D eigenvalue weighted by Crippen LogP contribution is 2.23. The second kappa shape index (κ2) is 5.89. The molecule has 0 spiro atoms. The Kier molecular flexibility index (Phi) is 4.22. The normalized spacial score (nSPS) is 12.4. The molecule has 1 aromatic heterocycles. The third-order valence-electron chi connectivity index (χ3n) is 3.08. The van der Waals surface area contributed by atoms with Crippen LogP contribution in [0.2, 0.25) is 0 Å². The molecule has 1 atom stereocenters. The summed E-state index contributed by atoms with van der Waals surface area (Å²) in [5.41, 5.74) is 1.25. The summed E-state index contributed by atoms with van der Waals surface area (Å²) in [5.74, 6) is -1.29. The van der Waals surface area contributed by atoms with Crippen LogP contribution in [-0.2, 0) is 12.8 Å². The number of halogens is 2. The predicted molar refractivity (Wildman–Crippen MR) is 68.6 cm³/mol. The topological polar surface area (TPSA) is 33.1 Å². The van der Waals surface area contributed by atoms with Gasteiger partial charge in [-0.05, 0) is 30.2 Å². The van der Waals surface area contributed by atoms with Crippen molar-refractivity contribution < 1.29 is 13.9 Å². The van der Waals surface area contributed by atoms with E-state index in [2.05, 4.69) is 4.98 Å². The van der Waals surface area contributed by atoms with Gasteiger partial charge < -0.3 is 5.11 Å². The van der Waals surface area contributed by atoms with Crippen LogP contribution in [0.25, 0.3) is 0 Å². The van der Waals surface area contributed by atoms with Crippen LogP contribution < -0.4 is 0 Å². The Hall–Kier alpha value is -1.81. The number of aromatic nitrogens is 1. The number of aryl methyl sites for hydroxylation is 1. The summed E-state index contributed by atoms with van der Waals surface area (Å²) < 4.78 is 27.1. The van der Waals surface area contributed by atoms with Gasteiger partial charge in [-0.3, -0.25) is 4.98 Å². The van der Waals surface area contributed by atoms with Crippen molar-refractivity contribution in [2.24, 2.45) is 0 Å². The molecule has 0 amide bonds. The zero-order valence-corrected chi connectivity index (χ0v) is 10.6. The Morgan fingerprint density at radius 3 is 2.47 bits per heavy atom. The summed E-state index contributed by atoms with van der Waals surface area (Å²) in [6.45, 7) is 1.94. The second-order valence-corrected chi connectivity index (χ2v) is 4.32. The van der Waals surface area contributed by atoms with Gasteiger partial charge in [-0.2, -0.15) is 0 Å². The number of nitrogens with zero attached hydrogens (tertiary/aromatic N) is 1. The predicted octanol–water partition coefficient (Wildman–Crippen LogP) is 3.20. The largest absolute Gasteiger partial charge is 0.386 e. The summed E-state index contributed by atoms with van der Waals surface area (Å²) in [4.78, 5) is 4.11. The molecule has 4 heteroatoms. The van der Waals surface area contributed by atoms with Crippen molar-refractivity contribution in [2.75, 3.05) is 0 Å². The van der Waals surface area contributed by atoms with E-state index in [4.69, 9.17) is 0 Å². The van der Waals surface area contributed by atoms with Gasteiger partial charge in [0.05, 0.1) is 5.69 Å². The highest BCUT2D eigenvalue weighted by atomic mass is 19.1. The Morgan fingerprint density at radius 1 is 1.16 bits per heavy atom. The second-order valence-electron chi connectivity index (χ2n) is 4.32. The molecule has 1 aromatic carbocycles. The molecule has 2 aromatic rings. The average Bonchev–Trinajstić information content (AvgIpc) is 2.42. The van der Waals surface area contributed by atoms with Crippen LogP contribution in [0.4, 0.5) is 8.78 Å². The average molecular weight is 263 g/mol. The van der Waals surface area contributed by atoms with E-state index < -0.39 is 17.7 Å². The van der Waals surface area contributed by atoms with Gasteiger partial charge in [0.25, 0.3) is 0 Å². The zero-order chi connectivity index (χ0) is 13.8. The molecule has 0 aliphatic heterocycles. The standard InChI is InChI=1S/C15H15F2NO/c1-2-10-5-4-8-18-15(10)14(19)9-11-12(16)6-3-7-13(11)17/h3-8,14,19H,2,9H2,1H3. The molecule has 0 radical (unpaired) electrons. The fourth-order valence-electron chi connectivity index (χ4n) is 2.07. The van der Waals surface area contributed by atoms with E-state index in [0.29, 0.717) is 12.1 Å². The molecule has 1 N–H and O–H groups in total. The lowest BCUT2D eigenvalue weighted by atomic mass is 10.00. The summed E-state index contributed by atoms with van der Waals surface area (Å²) in [5, 5.41) is 10.1. The van der Waals surface area contributed by atoms with Crippen molar-refractivity contribution >= 4 is 0 Å². The minimum atomic E-state index is -1.01. The molecule has 19 heavy (non-hydrogen) atoms. The van der Waals surface area contributed by atoms with E-state index in [-0.39, 0.29) is 12.0 Å². The maximum absolute atomic E-state index is 13.5. The molecule has 0 saturated heterocycles. The van der Waals surface area contributed by atoms with Crippen molar-refractivity contribution in [3.05, 3.63) is 65.0 Å². The van der Waals surface area contributed by atoms with Crippen molar-refractivity contribution in [3.63, 3.8) is 0 Å². The molecule has 0 fully saturated rings. The lowest BCUT2D eigenvalue weighted by Crippen LogP contribution is -2.09. The third-order valence-corrected chi connectivity index (χ3v) is 3.08. The molecule has 2 rings (SSSR count). The van der Waals surface area contributed by atoms with Crippen molar-refractivity contribution in [2.45, 2.75) is 25.9 Å². The van der Waals surface area contributed by atoms with Gasteiger partial charge in [-0.15, -0.1) is 0 Å². The summed E-state index contributed by atoms with van der Waals surface area (Å²) in [6.07, 6.45) is 1.14. The third kappa shape index (κ3) is 2.96. The lowest BCUT2D eigenvalue weighted by molar-refractivity contribution is 0.169. The van der Waals surface area contributed by atoms with Crippen molar-refractivity contribution in [3.8, 4) is 0 Å². The molecule has 1 heterocycles. The van der Waals surface area contributed by atoms with E-state index in [1.165, 1.54) is 18.2 Å². The maximum Gasteiger partial charge on any atom is 0.129 e. The summed E-state index contributed by atoms with van der Waals surface area (Å²) in [6, 6.07) is 7.30. The summed E-state index contributed by atoms with van der Waals surface area (Å²) >= 11 is 0. The Morgan fingerprint density at radius 2 is 1.84 bits per heavy atom. The molecule has 0 bridgehead atoms. The zero-order valence-electron chi connectivity index (χ0n) is 10.6. The number of hydrogen-bond donors (Lipinski definition) is 1. The molecule has 1 unspecified atom stereocenters. The van der Waals surface area contributed by atoms with Gasteiger partial charge in [-0.25, -0.2) is 8.78 Å². The number of pyridine rings is 1. The van der Waals surface area contributed by atoms with Crippen LogP contribution in [0.15, 0.2) is 36.5 Å². The molecular formula is C15H15F2NO. The quantitative estimate of drug-likeness (QED) is 0.919. The number of benzene rings is 1. The lowest BCUT2D eigenvalue weighted by Gasteiger charge is -2.14. The Balaban J connectivity index is 2.28. The van der Waals surface area contributed by atoms with Crippen molar-refractivity contribution in [1.29, 1.82) is 0 Å². The van der Waals surface area contributed by atoms with Gasteiger partial charge in [0.2, 0.25) is 0 Å². The minimum absolute atomic E-state index is 0.109. The number of aliphatic hydroxyl groups excluding tert-OH is 1. The van der Waals surface area contributed by atoms with E-state index in [1.807, 2.05) is 13.0 Å². The first-order chi connectivity index (χ1) is 9.13. The molecule has 0 aliphatic carbocycles. The molecule has 2 nitrogen and oxygen atoms in total. The van der Waals surface area contributed by atoms with Crippen LogP contribution >= 0.6 is 0 Å². The smallest absolute Gasteiger partial charge is 0.129 e. The number of rotatable bonds is 4. The minimum Gasteiger partial charge on any atom is -0.386 e. The number of aliphatic hydroxyl groups is 1. The summed E-state index contributed by atoms with van der Waals surface area (Å²) in [7, 11) is 0. The molecule has 0 saturated carbocycles. The molecule has 100 valence electrons. The first-order valence-corrected chi connectivity index (χ1v) is 6.18. The van der Waals surface area contributed by atoms with Gasteiger partial charge in [0, 0.05) is 18.2 Å². The van der Waals surface area contributed by atoms with Gasteiger partial charge in [0.15, 0.2) is 0 Å². The first-order valence-electron chi connectivity index (χ1n) is 6.18. The molecular weight excluding hydrogens is 248 g/mol. The van der Waals surface area contributed by atoms with Gasteiger partial charge in [0.1, 0.15) is 17.7 Å². The van der Waals surface area contributed by atoms with Gasteiger partial charge >= 0.3 is 0 Å². The van der Waals surface area contributed by atoms with Gasteiger partial charge in [-0.1, -0.05) is 19.1 Å².